The maximum Gasteiger partial charge on any atom is 0.274 e. The minimum Gasteiger partial charge on any atom is -0.342 e. The van der Waals surface area contributed by atoms with Gasteiger partial charge in [0.2, 0.25) is 0 Å². The molecule has 34 heavy (non-hydrogen) atoms. The van der Waals surface area contributed by atoms with Gasteiger partial charge in [-0.1, -0.05) is 12.6 Å². The molecule has 2 aromatic heterocycles. The largest absolute Gasteiger partial charge is 0.342 e. The van der Waals surface area contributed by atoms with Crippen LogP contribution in [0.3, 0.4) is 0 Å². The molecule has 0 bridgehead atoms. The highest BCUT2D eigenvalue weighted by Crippen LogP contribution is 2.44. The summed E-state index contributed by atoms with van der Waals surface area (Å²) in [6.07, 6.45) is 7.09. The van der Waals surface area contributed by atoms with Gasteiger partial charge in [0, 0.05) is 44.4 Å². The highest BCUT2D eigenvalue weighted by atomic mass is 19.1. The van der Waals surface area contributed by atoms with Crippen LogP contribution in [0.4, 0.5) is 8.78 Å². The van der Waals surface area contributed by atoms with Gasteiger partial charge in [0.05, 0.1) is 11.9 Å². The Morgan fingerprint density at radius 3 is 2.71 bits per heavy atom. The van der Waals surface area contributed by atoms with Crippen molar-refractivity contribution in [1.82, 2.24) is 19.2 Å². The summed E-state index contributed by atoms with van der Waals surface area (Å²) in [5.41, 5.74) is 0.482. The molecule has 5 heterocycles. The number of aromatic nitrogens is 2. The molecule has 3 aliphatic rings. The van der Waals surface area contributed by atoms with Crippen LogP contribution in [0.5, 0.6) is 0 Å². The Kier molecular flexibility index (Phi) is 5.59. The molecule has 0 aromatic carbocycles. The summed E-state index contributed by atoms with van der Waals surface area (Å²) < 4.78 is 35.0. The fraction of sp³-hybridized carbons (Fsp3) is 0.400. The number of piperidine rings is 1. The van der Waals surface area contributed by atoms with Crippen molar-refractivity contribution in [3.63, 3.8) is 0 Å². The zero-order chi connectivity index (χ0) is 24.0. The van der Waals surface area contributed by atoms with Crippen molar-refractivity contribution < 1.29 is 23.1 Å². The molecule has 2 aromatic rings. The van der Waals surface area contributed by atoms with Crippen LogP contribution < -0.4 is 0 Å². The van der Waals surface area contributed by atoms with Crippen molar-refractivity contribution >= 4 is 17.5 Å². The fourth-order valence-electron chi connectivity index (χ4n) is 5.18. The van der Waals surface area contributed by atoms with Gasteiger partial charge in [-0.05, 0) is 43.5 Å². The molecule has 0 aliphatic carbocycles. The van der Waals surface area contributed by atoms with E-state index in [2.05, 4.69) is 11.6 Å². The van der Waals surface area contributed by atoms with E-state index in [1.165, 1.54) is 6.08 Å². The number of amides is 2. The summed E-state index contributed by atoms with van der Waals surface area (Å²) in [5.74, 6) is -1.70. The van der Waals surface area contributed by atoms with E-state index in [9.17, 15) is 18.4 Å². The van der Waals surface area contributed by atoms with E-state index in [0.29, 0.717) is 55.7 Å². The summed E-state index contributed by atoms with van der Waals surface area (Å²) in [5, 5.41) is 0. The number of pyridine rings is 1. The molecule has 3 fully saturated rings. The molecule has 0 N–H and O–H groups in total. The molecule has 0 radical (unpaired) electrons. The normalized spacial score (nSPS) is 24.9. The van der Waals surface area contributed by atoms with Gasteiger partial charge in [-0.15, -0.1) is 0 Å². The van der Waals surface area contributed by atoms with Gasteiger partial charge in [-0.3, -0.25) is 9.59 Å². The lowest BCUT2D eigenvalue weighted by Crippen LogP contribution is -2.52. The minimum absolute atomic E-state index is 0.146. The fourth-order valence-corrected chi connectivity index (χ4v) is 5.18. The van der Waals surface area contributed by atoms with Crippen LogP contribution in [0.15, 0.2) is 66.6 Å². The van der Waals surface area contributed by atoms with Gasteiger partial charge in [-0.25, -0.2) is 13.8 Å². The van der Waals surface area contributed by atoms with E-state index in [4.69, 9.17) is 4.74 Å². The van der Waals surface area contributed by atoms with Gasteiger partial charge < -0.3 is 18.9 Å². The lowest BCUT2D eigenvalue weighted by atomic mass is 9.89. The first-order chi connectivity index (χ1) is 16.3. The Bertz CT molecular complexity index is 1190. The van der Waals surface area contributed by atoms with Crippen molar-refractivity contribution in [3.05, 3.63) is 72.2 Å². The second-order valence-electron chi connectivity index (χ2n) is 9.09. The first-order valence-corrected chi connectivity index (χ1v) is 11.4. The number of allylic oxidation sites excluding steroid dienone is 3. The Labute approximate surface area is 196 Å². The Hall–Kier alpha value is -3.33. The monoisotopic (exact) mass is 468 g/mol. The van der Waals surface area contributed by atoms with E-state index >= 15 is 0 Å². The smallest absolute Gasteiger partial charge is 0.274 e. The molecule has 7 nitrogen and oxygen atoms in total. The summed E-state index contributed by atoms with van der Waals surface area (Å²) >= 11 is 0. The number of ether oxygens (including phenoxy) is 1. The zero-order valence-electron chi connectivity index (χ0n) is 18.9. The number of nitrogens with zero attached hydrogens (tertiary/aromatic N) is 4. The molecule has 0 saturated carbocycles. The Balaban J connectivity index is 1.27. The van der Waals surface area contributed by atoms with Crippen LogP contribution >= 0.6 is 0 Å². The molecule has 2 amide bonds. The van der Waals surface area contributed by atoms with Crippen molar-refractivity contribution in [2.24, 2.45) is 0 Å². The second-order valence-corrected chi connectivity index (χ2v) is 9.09. The molecule has 1 spiro atoms. The number of carbonyl (C=O) groups is 2. The number of carbonyl (C=O) groups excluding carboxylic acids is 2. The number of likely N-dealkylation sites (tertiary alicyclic amines) is 1. The number of fused-ring (bicyclic) bond motifs is 2. The van der Waals surface area contributed by atoms with Gasteiger partial charge in [0.1, 0.15) is 23.4 Å². The SMILES string of the molecule is C=C(/C=C(F)\C=C(/C)F)[C@@H]1CC[C@H]2OC3(CCN(C(=O)c4cn5ccccc5n4)CC3)C(=O)N21. The van der Waals surface area contributed by atoms with Crippen LogP contribution in [0.25, 0.3) is 5.65 Å². The molecule has 3 aliphatic heterocycles. The van der Waals surface area contributed by atoms with E-state index in [1.807, 2.05) is 24.4 Å². The summed E-state index contributed by atoms with van der Waals surface area (Å²) in [6, 6.07) is 5.17. The van der Waals surface area contributed by atoms with Crippen molar-refractivity contribution in [2.45, 2.75) is 50.5 Å². The van der Waals surface area contributed by atoms with Crippen molar-refractivity contribution in [2.75, 3.05) is 13.1 Å². The average Bonchev–Trinajstić information content (AvgIpc) is 3.47. The van der Waals surface area contributed by atoms with Gasteiger partial charge >= 0.3 is 0 Å². The summed E-state index contributed by atoms with van der Waals surface area (Å²) in [6.45, 7) is 5.83. The van der Waals surface area contributed by atoms with E-state index in [0.717, 1.165) is 13.0 Å². The molecule has 2 atom stereocenters. The number of rotatable bonds is 4. The Morgan fingerprint density at radius 2 is 2.00 bits per heavy atom. The third-order valence-electron chi connectivity index (χ3n) is 6.85. The minimum atomic E-state index is -0.989. The highest BCUT2D eigenvalue weighted by Gasteiger charge is 2.58. The third kappa shape index (κ3) is 3.83. The first-order valence-electron chi connectivity index (χ1n) is 11.4. The second kappa shape index (κ2) is 8.47. The van der Waals surface area contributed by atoms with E-state index in [1.54, 1.807) is 20.4 Å². The maximum absolute atomic E-state index is 14.0. The van der Waals surface area contributed by atoms with E-state index < -0.39 is 29.5 Å². The van der Waals surface area contributed by atoms with Gasteiger partial charge in [0.25, 0.3) is 11.8 Å². The lowest BCUT2D eigenvalue weighted by molar-refractivity contribution is -0.142. The highest BCUT2D eigenvalue weighted by molar-refractivity contribution is 5.94. The molecule has 9 heteroatoms. The average molecular weight is 469 g/mol. The molecule has 5 rings (SSSR count). The van der Waals surface area contributed by atoms with Crippen LogP contribution in [0.2, 0.25) is 0 Å². The van der Waals surface area contributed by atoms with Crippen LogP contribution in [0, 0.1) is 0 Å². The lowest BCUT2D eigenvalue weighted by Gasteiger charge is -2.37. The van der Waals surface area contributed by atoms with Crippen LogP contribution in [0.1, 0.15) is 43.1 Å². The Morgan fingerprint density at radius 1 is 1.24 bits per heavy atom. The molecular weight excluding hydrogens is 442 g/mol. The topological polar surface area (TPSA) is 67.2 Å². The van der Waals surface area contributed by atoms with Crippen molar-refractivity contribution in [1.29, 1.82) is 0 Å². The van der Waals surface area contributed by atoms with Gasteiger partial charge in [0.15, 0.2) is 5.60 Å². The molecule has 0 unspecified atom stereocenters. The molecule has 3 saturated heterocycles. The standard InChI is InChI=1S/C25H26F2N4O3/c1-16(13-18(27)14-17(2)26)20-6-7-22-31(20)24(33)25(34-22)8-11-29(12-9-25)23(32)19-15-30-10-4-3-5-21(30)28-19/h3-5,10,13-15,20,22H,1,6-9,11-12H2,2H3/b17-14+,18-13+/t20-,22+/m0/s1. The van der Waals surface area contributed by atoms with Crippen LogP contribution in [-0.2, 0) is 9.53 Å². The number of hydrogen-bond donors (Lipinski definition) is 0. The van der Waals surface area contributed by atoms with E-state index in [-0.39, 0.29) is 11.8 Å². The third-order valence-corrected chi connectivity index (χ3v) is 6.85. The number of halogens is 2. The number of imidazole rings is 1. The predicted molar refractivity (Wildman–Crippen MR) is 121 cm³/mol. The maximum atomic E-state index is 14.0. The quantitative estimate of drug-likeness (QED) is 0.638. The van der Waals surface area contributed by atoms with Gasteiger partial charge in [-0.2, -0.15) is 0 Å². The summed E-state index contributed by atoms with van der Waals surface area (Å²) in [4.78, 5) is 34.2. The van der Waals surface area contributed by atoms with Crippen LogP contribution in [-0.4, -0.2) is 62.0 Å². The summed E-state index contributed by atoms with van der Waals surface area (Å²) in [7, 11) is 0. The molecular formula is C25H26F2N4O3. The molecule has 178 valence electrons. The van der Waals surface area contributed by atoms with Crippen molar-refractivity contribution in [3.8, 4) is 0 Å². The number of hydrogen-bond acceptors (Lipinski definition) is 4. The zero-order valence-corrected chi connectivity index (χ0v) is 18.9. The predicted octanol–water partition coefficient (Wildman–Crippen LogP) is 3.94. The first kappa shape index (κ1) is 22.5.